The number of aromatic hydroxyl groups is 1. The predicted octanol–water partition coefficient (Wildman–Crippen LogP) is 4.49. The molecule has 8 nitrogen and oxygen atoms in total. The van der Waals surface area contributed by atoms with Crippen molar-refractivity contribution in [1.29, 1.82) is 0 Å². The van der Waals surface area contributed by atoms with Gasteiger partial charge in [-0.15, -0.1) is 0 Å². The molecule has 2 aromatic carbocycles. The zero-order valence-electron chi connectivity index (χ0n) is 25.0. The Bertz CT molecular complexity index is 1660. The summed E-state index contributed by atoms with van der Waals surface area (Å²) in [7, 11) is 1.50. The van der Waals surface area contributed by atoms with Crippen molar-refractivity contribution >= 4 is 23.4 Å². The van der Waals surface area contributed by atoms with Crippen LogP contribution < -0.4 is 4.74 Å². The first-order valence-electron chi connectivity index (χ1n) is 15.5. The third-order valence-corrected chi connectivity index (χ3v) is 10.3. The molecule has 2 aromatic rings. The zero-order chi connectivity index (χ0) is 30.7. The van der Waals surface area contributed by atoms with Crippen molar-refractivity contribution < 1.29 is 29.0 Å². The number of rotatable bonds is 5. The Balaban J connectivity index is 1.20. The second kappa shape index (κ2) is 11.0. The minimum atomic E-state index is -0.612. The molecule has 2 amide bonds. The number of Topliss-reactive ketones (excluding diaryl/α,β-unsaturated/α-hetero) is 1. The summed E-state index contributed by atoms with van der Waals surface area (Å²) in [5.74, 6) is -2.33. The summed E-state index contributed by atoms with van der Waals surface area (Å²) < 4.78 is 5.63. The number of amides is 2. The van der Waals surface area contributed by atoms with Crippen LogP contribution in [0.3, 0.4) is 0 Å². The number of phenols is 1. The molecule has 4 atom stereocenters. The SMILES string of the molecule is COc1cc(O)ccc1C1C2=CCC3C(=O)N(C4CCN(Cc5ccccc5)CC4)C(=O)C3C2CC2=C1C(=O)C=C(C)C2=O. The number of nitrogens with zero attached hydrogens (tertiary/aromatic N) is 2. The monoisotopic (exact) mass is 592 g/mol. The molecule has 1 N–H and O–H groups in total. The molecule has 2 saturated heterocycles. The number of likely N-dealkylation sites (tertiary alicyclic amines) is 2. The van der Waals surface area contributed by atoms with Crippen LogP contribution in [0.25, 0.3) is 0 Å². The quantitative estimate of drug-likeness (QED) is 0.310. The van der Waals surface area contributed by atoms with Gasteiger partial charge in [-0.2, -0.15) is 0 Å². The van der Waals surface area contributed by atoms with Gasteiger partial charge in [0.1, 0.15) is 11.5 Å². The lowest BCUT2D eigenvalue weighted by atomic mass is 9.59. The summed E-state index contributed by atoms with van der Waals surface area (Å²) >= 11 is 0. The Morgan fingerprint density at radius 1 is 0.955 bits per heavy atom. The number of piperidine rings is 1. The lowest BCUT2D eigenvalue weighted by Crippen LogP contribution is -2.47. The summed E-state index contributed by atoms with van der Waals surface area (Å²) in [5, 5.41) is 10.2. The molecule has 4 unspecified atom stereocenters. The Morgan fingerprint density at radius 3 is 2.43 bits per heavy atom. The molecule has 3 aliphatic carbocycles. The van der Waals surface area contributed by atoms with Crippen molar-refractivity contribution in [2.45, 2.75) is 51.1 Å². The van der Waals surface area contributed by atoms with Gasteiger partial charge in [0.15, 0.2) is 11.6 Å². The molecule has 7 rings (SSSR count). The maximum absolute atomic E-state index is 14.3. The number of ether oxygens (including phenoxy) is 1. The number of methoxy groups -OCH3 is 1. The zero-order valence-corrected chi connectivity index (χ0v) is 25.0. The number of carbonyl (C=O) groups is 4. The highest BCUT2D eigenvalue weighted by Gasteiger charge is 2.57. The van der Waals surface area contributed by atoms with E-state index in [1.807, 2.05) is 24.3 Å². The van der Waals surface area contributed by atoms with Crippen LogP contribution in [-0.2, 0) is 25.7 Å². The molecule has 0 radical (unpaired) electrons. The summed E-state index contributed by atoms with van der Waals surface area (Å²) in [4.78, 5) is 59.2. The van der Waals surface area contributed by atoms with E-state index < -0.39 is 23.7 Å². The van der Waals surface area contributed by atoms with E-state index >= 15 is 0 Å². The van der Waals surface area contributed by atoms with Crippen LogP contribution in [0.15, 0.2) is 83.0 Å². The highest BCUT2D eigenvalue weighted by atomic mass is 16.5. The van der Waals surface area contributed by atoms with Crippen molar-refractivity contribution in [2.24, 2.45) is 17.8 Å². The lowest BCUT2D eigenvalue weighted by Gasteiger charge is -2.42. The smallest absolute Gasteiger partial charge is 0.233 e. The van der Waals surface area contributed by atoms with Crippen LogP contribution in [0, 0.1) is 17.8 Å². The van der Waals surface area contributed by atoms with Crippen LogP contribution in [-0.4, -0.2) is 64.5 Å². The van der Waals surface area contributed by atoms with E-state index in [-0.39, 0.29) is 41.6 Å². The number of phenolic OH excluding ortho intramolecular Hbond substituents is 1. The van der Waals surface area contributed by atoms with Gasteiger partial charge in [-0.25, -0.2) is 0 Å². The normalized spacial score (nSPS) is 27.5. The largest absolute Gasteiger partial charge is 0.508 e. The van der Waals surface area contributed by atoms with Gasteiger partial charge in [0.25, 0.3) is 0 Å². The number of ketones is 2. The minimum absolute atomic E-state index is 0.0219. The van der Waals surface area contributed by atoms with Crippen LogP contribution in [0.1, 0.15) is 49.7 Å². The minimum Gasteiger partial charge on any atom is -0.508 e. The summed E-state index contributed by atoms with van der Waals surface area (Å²) in [6, 6.07) is 14.9. The van der Waals surface area contributed by atoms with Crippen LogP contribution in [0.2, 0.25) is 0 Å². The van der Waals surface area contributed by atoms with Crippen molar-refractivity contribution in [3.05, 3.63) is 94.1 Å². The fourth-order valence-electron chi connectivity index (χ4n) is 8.24. The third-order valence-electron chi connectivity index (χ3n) is 10.3. The summed E-state index contributed by atoms with van der Waals surface area (Å²) in [6.45, 7) is 4.10. The van der Waals surface area contributed by atoms with Gasteiger partial charge in [-0.3, -0.25) is 29.0 Å². The van der Waals surface area contributed by atoms with Gasteiger partial charge in [-0.1, -0.05) is 48.0 Å². The van der Waals surface area contributed by atoms with Crippen LogP contribution in [0.4, 0.5) is 0 Å². The number of carbonyl (C=O) groups excluding carboxylic acids is 4. The van der Waals surface area contributed by atoms with E-state index in [1.54, 1.807) is 24.0 Å². The molecule has 226 valence electrons. The molecule has 2 heterocycles. The maximum atomic E-state index is 14.3. The first-order chi connectivity index (χ1) is 21.3. The standard InChI is InChI=1S/C36H36N2O6/c1-20-16-29(40)33-28(34(20)41)18-27-24(31(33)25-9-8-23(39)17-30(25)44-2)10-11-26-32(27)36(43)38(35(26)42)22-12-14-37(15-13-22)19-21-6-4-3-5-7-21/h3-10,16-17,22,26-27,31-32,39H,11-15,18-19H2,1-2H3. The number of hydrogen-bond donors (Lipinski definition) is 1. The average molecular weight is 593 g/mol. The molecule has 5 aliphatic rings. The Labute approximate surface area is 256 Å². The molecule has 44 heavy (non-hydrogen) atoms. The number of fused-ring (bicyclic) bond motifs is 3. The van der Waals surface area contributed by atoms with E-state index in [0.29, 0.717) is 34.5 Å². The number of allylic oxidation sites excluding steroid dienone is 6. The Hall–Kier alpha value is -4.30. The van der Waals surface area contributed by atoms with Crippen LogP contribution in [0.5, 0.6) is 11.5 Å². The van der Waals surface area contributed by atoms with Gasteiger partial charge >= 0.3 is 0 Å². The van der Waals surface area contributed by atoms with E-state index in [0.717, 1.165) is 38.0 Å². The predicted molar refractivity (Wildman–Crippen MR) is 163 cm³/mol. The van der Waals surface area contributed by atoms with Gasteiger partial charge in [0, 0.05) is 59.9 Å². The molecule has 0 spiro atoms. The highest BCUT2D eigenvalue weighted by Crippen LogP contribution is 2.56. The van der Waals surface area contributed by atoms with Gasteiger partial charge in [-0.05, 0) is 56.2 Å². The topological polar surface area (TPSA) is 104 Å². The van der Waals surface area contributed by atoms with Crippen molar-refractivity contribution in [3.8, 4) is 11.5 Å². The lowest BCUT2D eigenvalue weighted by molar-refractivity contribution is -0.144. The Morgan fingerprint density at radius 2 is 1.70 bits per heavy atom. The Kier molecular flexibility index (Phi) is 7.12. The molecule has 0 bridgehead atoms. The third kappa shape index (κ3) is 4.54. The summed E-state index contributed by atoms with van der Waals surface area (Å²) in [6.07, 6.45) is 5.53. The molecule has 0 aromatic heterocycles. The van der Waals surface area contributed by atoms with E-state index in [4.69, 9.17) is 4.74 Å². The first kappa shape index (κ1) is 28.5. The molecular weight excluding hydrogens is 556 g/mol. The van der Waals surface area contributed by atoms with Crippen molar-refractivity contribution in [1.82, 2.24) is 9.80 Å². The van der Waals surface area contributed by atoms with E-state index in [2.05, 4.69) is 17.0 Å². The first-order valence-corrected chi connectivity index (χ1v) is 15.5. The summed E-state index contributed by atoms with van der Waals surface area (Å²) in [5.41, 5.74) is 3.98. The molecular formula is C36H36N2O6. The molecule has 2 aliphatic heterocycles. The number of benzene rings is 2. The van der Waals surface area contributed by atoms with Crippen molar-refractivity contribution in [3.63, 3.8) is 0 Å². The van der Waals surface area contributed by atoms with Crippen molar-refractivity contribution in [2.75, 3.05) is 20.2 Å². The highest BCUT2D eigenvalue weighted by molar-refractivity contribution is 6.23. The molecule has 8 heteroatoms. The number of imide groups is 1. The van der Waals surface area contributed by atoms with Gasteiger partial charge < -0.3 is 9.84 Å². The maximum Gasteiger partial charge on any atom is 0.233 e. The average Bonchev–Trinajstić information content (AvgIpc) is 3.29. The molecule has 0 saturated carbocycles. The van der Waals surface area contributed by atoms with Crippen LogP contribution >= 0.6 is 0 Å². The second-order valence-corrected chi connectivity index (χ2v) is 12.7. The fourth-order valence-corrected chi connectivity index (χ4v) is 8.24. The second-order valence-electron chi connectivity index (χ2n) is 12.7. The molecule has 2 fully saturated rings. The van der Waals surface area contributed by atoms with E-state index in [9.17, 15) is 24.3 Å². The van der Waals surface area contributed by atoms with Gasteiger partial charge in [0.2, 0.25) is 11.8 Å². The van der Waals surface area contributed by atoms with E-state index in [1.165, 1.54) is 24.8 Å². The fraction of sp³-hybridized carbons (Fsp3) is 0.389. The number of hydrogen-bond acceptors (Lipinski definition) is 7. The van der Waals surface area contributed by atoms with Gasteiger partial charge in [0.05, 0.1) is 18.9 Å².